The Labute approximate surface area is 236 Å². The van der Waals surface area contributed by atoms with Gasteiger partial charge in [0.05, 0.1) is 33.8 Å². The first kappa shape index (κ1) is 27.0. The lowest BCUT2D eigenvalue weighted by Gasteiger charge is -2.24. The summed E-state index contributed by atoms with van der Waals surface area (Å²) in [4.78, 5) is 33.2. The number of carbonyl (C=O) groups is 2. The number of carbonyl (C=O) groups excluding carboxylic acids is 2. The van der Waals surface area contributed by atoms with Crippen LogP contribution < -0.4 is 9.64 Å². The molecule has 4 aromatic rings. The summed E-state index contributed by atoms with van der Waals surface area (Å²) in [5.74, 6) is -1.21. The van der Waals surface area contributed by atoms with Gasteiger partial charge in [0.15, 0.2) is 10.1 Å². The summed E-state index contributed by atoms with van der Waals surface area (Å²) in [7, 11) is 0. The Morgan fingerprint density at radius 1 is 1.13 bits per heavy atom. The third-order valence-electron chi connectivity index (χ3n) is 5.98. The number of rotatable bonds is 9. The Morgan fingerprint density at radius 3 is 2.54 bits per heavy atom. The number of thiazole rings is 1. The van der Waals surface area contributed by atoms with Crippen LogP contribution in [-0.2, 0) is 10.5 Å². The summed E-state index contributed by atoms with van der Waals surface area (Å²) >= 11 is 3.62. The van der Waals surface area contributed by atoms with Crippen molar-refractivity contribution in [3.8, 4) is 5.75 Å². The molecule has 0 aliphatic carbocycles. The van der Waals surface area contributed by atoms with Crippen molar-refractivity contribution < 1.29 is 23.8 Å². The fourth-order valence-corrected chi connectivity index (χ4v) is 6.97. The average Bonchev–Trinajstić information content (AvgIpc) is 3.59. The molecule has 1 atom stereocenters. The van der Waals surface area contributed by atoms with Gasteiger partial charge in [-0.05, 0) is 50.1 Å². The van der Waals surface area contributed by atoms with Gasteiger partial charge in [0.25, 0.3) is 5.91 Å². The van der Waals surface area contributed by atoms with Gasteiger partial charge in [0, 0.05) is 5.75 Å². The molecule has 2 aromatic carbocycles. The first-order chi connectivity index (χ1) is 18.8. The standard InChI is InChI=1S/C27H23FN4O4S3/c1-4-36-18-11-9-16(10-12-18)21-20(22(33)24-14(2)29-15(3)38-24)23(34)25(35)32(21)26-30-31-27(39-26)37-13-17-7-5-6-8-19(17)28/h5-12,21,34H,4,13H2,1-3H3. The van der Waals surface area contributed by atoms with Gasteiger partial charge in [0.2, 0.25) is 10.9 Å². The summed E-state index contributed by atoms with van der Waals surface area (Å²) in [6.07, 6.45) is 0. The van der Waals surface area contributed by atoms with Crippen LogP contribution in [0.5, 0.6) is 5.75 Å². The van der Waals surface area contributed by atoms with Crippen molar-refractivity contribution in [2.45, 2.75) is 36.9 Å². The van der Waals surface area contributed by atoms with Gasteiger partial charge in [-0.15, -0.1) is 21.5 Å². The van der Waals surface area contributed by atoms with Crippen molar-refractivity contribution in [2.75, 3.05) is 11.5 Å². The largest absolute Gasteiger partial charge is 0.503 e. The van der Waals surface area contributed by atoms with E-state index in [-0.39, 0.29) is 16.5 Å². The Balaban J connectivity index is 1.51. The number of amides is 1. The molecule has 8 nitrogen and oxygen atoms in total. The fraction of sp³-hybridized carbons (Fsp3) is 0.222. The van der Waals surface area contributed by atoms with E-state index in [1.54, 1.807) is 56.3 Å². The summed E-state index contributed by atoms with van der Waals surface area (Å²) in [5.41, 5.74) is 1.59. The summed E-state index contributed by atoms with van der Waals surface area (Å²) in [5, 5.41) is 20.3. The molecule has 0 bridgehead atoms. The van der Waals surface area contributed by atoms with E-state index >= 15 is 0 Å². The van der Waals surface area contributed by atoms with Gasteiger partial charge < -0.3 is 9.84 Å². The highest BCUT2D eigenvalue weighted by atomic mass is 32.2. The maximum absolute atomic E-state index is 14.1. The van der Waals surface area contributed by atoms with Crippen molar-refractivity contribution in [1.82, 2.24) is 15.2 Å². The van der Waals surface area contributed by atoms with Crippen molar-refractivity contribution in [3.05, 3.63) is 92.4 Å². The summed E-state index contributed by atoms with van der Waals surface area (Å²) < 4.78 is 20.1. The maximum Gasteiger partial charge on any atom is 0.296 e. The molecule has 0 saturated heterocycles. The van der Waals surface area contributed by atoms with E-state index in [0.717, 1.165) is 11.3 Å². The number of aryl methyl sites for hydroxylation is 2. The number of hydrogen-bond acceptors (Lipinski definition) is 10. The van der Waals surface area contributed by atoms with Crippen LogP contribution >= 0.6 is 34.4 Å². The van der Waals surface area contributed by atoms with E-state index in [1.807, 2.05) is 6.92 Å². The Bertz CT molecular complexity index is 1580. The zero-order valence-electron chi connectivity index (χ0n) is 21.2. The minimum absolute atomic E-state index is 0.0494. The molecule has 39 heavy (non-hydrogen) atoms. The number of aliphatic hydroxyl groups is 1. The summed E-state index contributed by atoms with van der Waals surface area (Å²) in [6.45, 7) is 5.87. The number of thioether (sulfide) groups is 1. The third kappa shape index (κ3) is 5.32. The first-order valence-corrected chi connectivity index (χ1v) is 14.6. The lowest BCUT2D eigenvalue weighted by molar-refractivity contribution is -0.117. The smallest absolute Gasteiger partial charge is 0.296 e. The number of ketones is 1. The lowest BCUT2D eigenvalue weighted by atomic mass is 9.95. The van der Waals surface area contributed by atoms with Crippen molar-refractivity contribution in [2.24, 2.45) is 0 Å². The number of hydrogen-bond donors (Lipinski definition) is 1. The average molecular weight is 583 g/mol. The van der Waals surface area contributed by atoms with Gasteiger partial charge in [-0.1, -0.05) is 53.4 Å². The van der Waals surface area contributed by atoms with E-state index < -0.39 is 23.5 Å². The Kier molecular flexibility index (Phi) is 7.78. The second-order valence-corrected chi connectivity index (χ2v) is 11.9. The third-order valence-corrected chi connectivity index (χ3v) is 9.16. The maximum atomic E-state index is 14.1. The topological polar surface area (TPSA) is 106 Å². The first-order valence-electron chi connectivity index (χ1n) is 12.0. The predicted octanol–water partition coefficient (Wildman–Crippen LogP) is 6.22. The molecule has 0 saturated carbocycles. The quantitative estimate of drug-likeness (QED) is 0.141. The molecule has 200 valence electrons. The molecule has 0 fully saturated rings. The van der Waals surface area contributed by atoms with Gasteiger partial charge in [-0.25, -0.2) is 9.37 Å². The molecule has 1 N–H and O–H groups in total. The number of Topliss-reactive ketones (excluding diaryl/α,β-unsaturated/α-hetero) is 1. The number of nitrogens with zero attached hydrogens (tertiary/aromatic N) is 4. The molecule has 5 rings (SSSR count). The molecule has 2 aromatic heterocycles. The molecular formula is C27H23FN4O4S3. The Hall–Kier alpha value is -3.61. The number of aromatic nitrogens is 3. The SMILES string of the molecule is CCOc1ccc(C2C(C(=O)c3sc(C)nc3C)=C(O)C(=O)N2c2nnc(SCc3ccccc3F)s2)cc1. The molecule has 1 aliphatic heterocycles. The van der Waals surface area contributed by atoms with Crippen LogP contribution in [0.2, 0.25) is 0 Å². The zero-order valence-corrected chi connectivity index (χ0v) is 23.6. The molecular weight excluding hydrogens is 560 g/mol. The molecule has 1 aliphatic rings. The van der Waals surface area contributed by atoms with Gasteiger partial charge in [-0.3, -0.25) is 14.5 Å². The number of benzene rings is 2. The highest BCUT2D eigenvalue weighted by Crippen LogP contribution is 2.44. The Morgan fingerprint density at radius 2 is 1.87 bits per heavy atom. The van der Waals surface area contributed by atoms with Crippen molar-refractivity contribution >= 4 is 51.3 Å². The number of ether oxygens (including phenoxy) is 1. The molecule has 12 heteroatoms. The van der Waals surface area contributed by atoms with Crippen LogP contribution in [0.3, 0.4) is 0 Å². The highest BCUT2D eigenvalue weighted by molar-refractivity contribution is 8.00. The van der Waals surface area contributed by atoms with E-state index in [0.29, 0.717) is 49.2 Å². The normalized spacial score (nSPS) is 15.3. The van der Waals surface area contributed by atoms with Crippen LogP contribution in [-0.4, -0.2) is 38.6 Å². The molecule has 1 unspecified atom stereocenters. The summed E-state index contributed by atoms with van der Waals surface area (Å²) in [6, 6.07) is 12.5. The predicted molar refractivity (Wildman–Crippen MR) is 149 cm³/mol. The molecule has 3 heterocycles. The minimum Gasteiger partial charge on any atom is -0.503 e. The van der Waals surface area contributed by atoms with Crippen molar-refractivity contribution in [3.63, 3.8) is 0 Å². The molecule has 0 spiro atoms. The van der Waals surface area contributed by atoms with E-state index in [2.05, 4.69) is 15.2 Å². The van der Waals surface area contributed by atoms with E-state index in [4.69, 9.17) is 4.74 Å². The fourth-order valence-electron chi connectivity index (χ4n) is 4.24. The van der Waals surface area contributed by atoms with Gasteiger partial charge in [0.1, 0.15) is 11.6 Å². The second kappa shape index (κ2) is 11.2. The van der Waals surface area contributed by atoms with Crippen LogP contribution in [0, 0.1) is 19.7 Å². The minimum atomic E-state index is -0.945. The van der Waals surface area contributed by atoms with Crippen molar-refractivity contribution in [1.29, 1.82) is 0 Å². The van der Waals surface area contributed by atoms with Crippen LogP contribution in [0.15, 0.2) is 64.2 Å². The van der Waals surface area contributed by atoms with E-state index in [1.165, 1.54) is 34.1 Å². The van der Waals surface area contributed by atoms with E-state index in [9.17, 15) is 19.1 Å². The van der Waals surface area contributed by atoms with Crippen LogP contribution in [0.1, 0.15) is 44.5 Å². The molecule has 0 radical (unpaired) electrons. The number of halogens is 1. The van der Waals surface area contributed by atoms with Gasteiger partial charge in [-0.2, -0.15) is 0 Å². The number of aliphatic hydroxyl groups excluding tert-OH is 1. The lowest BCUT2D eigenvalue weighted by Crippen LogP contribution is -2.31. The number of anilines is 1. The highest BCUT2D eigenvalue weighted by Gasteiger charge is 2.46. The van der Waals surface area contributed by atoms with Crippen LogP contribution in [0.4, 0.5) is 9.52 Å². The second-order valence-electron chi connectivity index (χ2n) is 8.55. The van der Waals surface area contributed by atoms with Gasteiger partial charge >= 0.3 is 0 Å². The zero-order chi connectivity index (χ0) is 27.7. The van der Waals surface area contributed by atoms with Crippen LogP contribution in [0.25, 0.3) is 0 Å². The molecule has 1 amide bonds. The monoisotopic (exact) mass is 582 g/mol.